The van der Waals surface area contributed by atoms with Crippen LogP contribution in [0.15, 0.2) is 0 Å². The monoisotopic (exact) mass is 256 g/mol. The predicted molar refractivity (Wildman–Crippen MR) is 73.8 cm³/mol. The molecule has 1 fully saturated rings. The summed E-state index contributed by atoms with van der Waals surface area (Å²) in [4.78, 5) is 13.5. The molecule has 4 nitrogen and oxygen atoms in total. The molecule has 0 aromatic carbocycles. The second-order valence-corrected chi connectivity index (χ2v) is 5.70. The van der Waals surface area contributed by atoms with Crippen LogP contribution in [0.25, 0.3) is 0 Å². The lowest BCUT2D eigenvalue weighted by molar-refractivity contribution is -0.145. The summed E-state index contributed by atoms with van der Waals surface area (Å²) in [5.74, 6) is -0.0308. The molecular formula is C14H28N2O2. The van der Waals surface area contributed by atoms with Crippen LogP contribution in [0.1, 0.15) is 46.5 Å². The highest BCUT2D eigenvalue weighted by atomic mass is 16.4. The molecule has 2 unspecified atom stereocenters. The van der Waals surface area contributed by atoms with Crippen LogP contribution in [0.2, 0.25) is 0 Å². The highest BCUT2D eigenvalue weighted by molar-refractivity contribution is 5.73. The number of rotatable bonds is 7. The van der Waals surface area contributed by atoms with Crippen LogP contribution in [-0.2, 0) is 4.79 Å². The van der Waals surface area contributed by atoms with Crippen LogP contribution in [-0.4, -0.2) is 47.7 Å². The minimum absolute atomic E-state index is 0.309. The lowest BCUT2D eigenvalue weighted by Gasteiger charge is -2.39. The lowest BCUT2D eigenvalue weighted by atomic mass is 9.98. The zero-order chi connectivity index (χ0) is 13.5. The maximum Gasteiger partial charge on any atom is 0.320 e. The van der Waals surface area contributed by atoms with E-state index in [-0.39, 0.29) is 6.04 Å². The summed E-state index contributed by atoms with van der Waals surface area (Å²) in [6.07, 6.45) is 4.16. The number of hydrogen-bond donors (Lipinski definition) is 2. The molecule has 2 atom stereocenters. The Hall–Kier alpha value is -0.610. The van der Waals surface area contributed by atoms with Gasteiger partial charge >= 0.3 is 5.97 Å². The zero-order valence-corrected chi connectivity index (χ0v) is 12.0. The van der Waals surface area contributed by atoms with Crippen LogP contribution in [0.4, 0.5) is 0 Å². The molecule has 1 aliphatic rings. The number of nitrogens with one attached hydrogen (secondary N) is 1. The summed E-state index contributed by atoms with van der Waals surface area (Å²) < 4.78 is 0. The number of carboxylic acid groups (broad SMARTS) is 1. The number of likely N-dealkylation sites (tertiary alicyclic amines) is 1. The number of nitrogens with zero attached hydrogens (tertiary/aromatic N) is 1. The van der Waals surface area contributed by atoms with E-state index >= 15 is 0 Å². The van der Waals surface area contributed by atoms with Crippen molar-refractivity contribution in [1.29, 1.82) is 0 Å². The molecule has 0 radical (unpaired) electrons. The quantitative estimate of drug-likeness (QED) is 0.731. The van der Waals surface area contributed by atoms with E-state index in [1.54, 1.807) is 0 Å². The fraction of sp³-hybridized carbons (Fsp3) is 0.929. The maximum absolute atomic E-state index is 11.3. The molecule has 0 aliphatic carbocycles. The second kappa shape index (κ2) is 7.74. The van der Waals surface area contributed by atoms with E-state index in [0.29, 0.717) is 18.4 Å². The van der Waals surface area contributed by atoms with Crippen LogP contribution in [0, 0.1) is 5.92 Å². The normalized spacial score (nSPS) is 23.2. The van der Waals surface area contributed by atoms with Gasteiger partial charge in [-0.25, -0.2) is 0 Å². The van der Waals surface area contributed by atoms with Crippen molar-refractivity contribution in [3.63, 3.8) is 0 Å². The minimum atomic E-state index is -0.673. The van der Waals surface area contributed by atoms with Gasteiger partial charge in [0.25, 0.3) is 0 Å². The Labute approximate surface area is 111 Å². The van der Waals surface area contributed by atoms with E-state index in [4.69, 9.17) is 0 Å². The lowest BCUT2D eigenvalue weighted by Crippen LogP contribution is -2.53. The van der Waals surface area contributed by atoms with Gasteiger partial charge in [0.05, 0.1) is 0 Å². The Bertz CT molecular complexity index is 256. The molecule has 0 spiro atoms. The first kappa shape index (κ1) is 15.4. The van der Waals surface area contributed by atoms with Gasteiger partial charge in [-0.15, -0.1) is 0 Å². The largest absolute Gasteiger partial charge is 0.480 e. The van der Waals surface area contributed by atoms with E-state index in [9.17, 15) is 9.90 Å². The van der Waals surface area contributed by atoms with Crippen molar-refractivity contribution >= 4 is 5.97 Å². The third kappa shape index (κ3) is 4.58. The van der Waals surface area contributed by atoms with Crippen LogP contribution in [0.5, 0.6) is 0 Å². The summed E-state index contributed by atoms with van der Waals surface area (Å²) >= 11 is 0. The molecule has 106 valence electrons. The van der Waals surface area contributed by atoms with Crippen molar-refractivity contribution in [2.75, 3.05) is 19.6 Å². The van der Waals surface area contributed by atoms with Crippen molar-refractivity contribution in [2.45, 2.75) is 58.5 Å². The smallest absolute Gasteiger partial charge is 0.320 e. The van der Waals surface area contributed by atoms with Gasteiger partial charge < -0.3 is 10.4 Å². The molecule has 0 amide bonds. The zero-order valence-electron chi connectivity index (χ0n) is 12.0. The molecule has 1 rings (SSSR count). The average Bonchev–Trinajstić information content (AvgIpc) is 2.31. The Morgan fingerprint density at radius 1 is 1.44 bits per heavy atom. The van der Waals surface area contributed by atoms with Crippen molar-refractivity contribution in [1.82, 2.24) is 10.2 Å². The number of carbonyl (C=O) groups is 1. The average molecular weight is 256 g/mol. The van der Waals surface area contributed by atoms with E-state index in [2.05, 4.69) is 24.1 Å². The maximum atomic E-state index is 11.3. The Balaban J connectivity index is 2.53. The van der Waals surface area contributed by atoms with Gasteiger partial charge in [0.1, 0.15) is 6.04 Å². The standard InChI is InChI=1S/C14H28N2O2/c1-4-13(14(17)18)16-8-6-5-7-12(16)10-15-9-11(2)3/h11-13,15H,4-10H2,1-3H3,(H,17,18). The minimum Gasteiger partial charge on any atom is -0.480 e. The third-order valence-corrected chi connectivity index (χ3v) is 3.68. The number of piperidine rings is 1. The Morgan fingerprint density at radius 3 is 2.72 bits per heavy atom. The third-order valence-electron chi connectivity index (χ3n) is 3.68. The van der Waals surface area contributed by atoms with Crippen molar-refractivity contribution in [3.05, 3.63) is 0 Å². The fourth-order valence-electron chi connectivity index (χ4n) is 2.74. The summed E-state index contributed by atoms with van der Waals surface area (Å²) in [5, 5.41) is 12.8. The first-order valence-electron chi connectivity index (χ1n) is 7.25. The van der Waals surface area contributed by atoms with E-state index in [1.807, 2.05) is 6.92 Å². The fourth-order valence-corrected chi connectivity index (χ4v) is 2.74. The molecule has 1 heterocycles. The SMILES string of the molecule is CCC(C(=O)O)N1CCCCC1CNCC(C)C. The number of hydrogen-bond acceptors (Lipinski definition) is 3. The molecule has 0 bridgehead atoms. The van der Waals surface area contributed by atoms with Crippen LogP contribution < -0.4 is 5.32 Å². The molecule has 0 aromatic heterocycles. The van der Waals surface area contributed by atoms with Gasteiger partial charge in [0.15, 0.2) is 0 Å². The summed E-state index contributed by atoms with van der Waals surface area (Å²) in [6, 6.07) is 0.0784. The molecule has 1 aliphatic heterocycles. The number of aliphatic carboxylic acids is 1. The summed E-state index contributed by atoms with van der Waals surface area (Å²) in [6.45, 7) is 9.20. The Morgan fingerprint density at radius 2 is 2.17 bits per heavy atom. The molecular weight excluding hydrogens is 228 g/mol. The first-order chi connectivity index (χ1) is 8.56. The molecule has 18 heavy (non-hydrogen) atoms. The van der Waals surface area contributed by atoms with Gasteiger partial charge in [-0.05, 0) is 38.3 Å². The van der Waals surface area contributed by atoms with Crippen molar-refractivity contribution in [2.24, 2.45) is 5.92 Å². The van der Waals surface area contributed by atoms with Gasteiger partial charge in [-0.3, -0.25) is 9.69 Å². The summed E-state index contributed by atoms with van der Waals surface area (Å²) in [7, 11) is 0. The molecule has 0 aromatic rings. The van der Waals surface area contributed by atoms with Gasteiger partial charge in [0, 0.05) is 12.6 Å². The predicted octanol–water partition coefficient (Wildman–Crippen LogP) is 1.95. The first-order valence-corrected chi connectivity index (χ1v) is 7.25. The van der Waals surface area contributed by atoms with Gasteiger partial charge in [-0.1, -0.05) is 27.2 Å². The molecule has 2 N–H and O–H groups in total. The van der Waals surface area contributed by atoms with Crippen molar-refractivity contribution < 1.29 is 9.90 Å². The number of carboxylic acids is 1. The highest BCUT2D eigenvalue weighted by Crippen LogP contribution is 2.21. The van der Waals surface area contributed by atoms with Crippen molar-refractivity contribution in [3.8, 4) is 0 Å². The topological polar surface area (TPSA) is 52.6 Å². The molecule has 0 saturated carbocycles. The highest BCUT2D eigenvalue weighted by Gasteiger charge is 2.31. The van der Waals surface area contributed by atoms with Crippen LogP contribution in [0.3, 0.4) is 0 Å². The van der Waals surface area contributed by atoms with Gasteiger partial charge in [0.2, 0.25) is 0 Å². The van der Waals surface area contributed by atoms with Gasteiger partial charge in [-0.2, -0.15) is 0 Å². The molecule has 4 heteroatoms. The second-order valence-electron chi connectivity index (χ2n) is 5.70. The van der Waals surface area contributed by atoms with E-state index < -0.39 is 5.97 Å². The summed E-state index contributed by atoms with van der Waals surface area (Å²) in [5.41, 5.74) is 0. The molecule has 1 saturated heterocycles. The van der Waals surface area contributed by atoms with Crippen LogP contribution >= 0.6 is 0 Å². The van der Waals surface area contributed by atoms with E-state index in [0.717, 1.165) is 32.5 Å². The van der Waals surface area contributed by atoms with E-state index in [1.165, 1.54) is 6.42 Å². The Kier molecular flexibility index (Phi) is 6.65.